The van der Waals surface area contributed by atoms with E-state index in [4.69, 9.17) is 0 Å². The van der Waals surface area contributed by atoms with E-state index in [0.717, 1.165) is 27.5 Å². The van der Waals surface area contributed by atoms with Gasteiger partial charge in [-0.1, -0.05) is 24.3 Å². The number of H-pyrrole nitrogens is 1. The van der Waals surface area contributed by atoms with Gasteiger partial charge in [-0.05, 0) is 55.7 Å². The van der Waals surface area contributed by atoms with E-state index in [1.54, 1.807) is 24.3 Å². The highest BCUT2D eigenvalue weighted by Gasteiger charge is 2.16. The van der Waals surface area contributed by atoms with E-state index < -0.39 is 17.2 Å². The van der Waals surface area contributed by atoms with E-state index in [1.165, 1.54) is 0 Å². The van der Waals surface area contributed by atoms with Crippen molar-refractivity contribution in [3.8, 4) is 5.69 Å². The van der Waals surface area contributed by atoms with Gasteiger partial charge in [0, 0.05) is 11.9 Å². The number of aromatic nitrogens is 2. The van der Waals surface area contributed by atoms with Gasteiger partial charge in [0.15, 0.2) is 0 Å². The number of nitrogens with zero attached hydrogens (tertiary/aromatic N) is 1. The summed E-state index contributed by atoms with van der Waals surface area (Å²) in [7, 11) is 0. The number of anilines is 1. The van der Waals surface area contributed by atoms with Crippen LogP contribution in [0, 0.1) is 20.8 Å². The number of aryl methyl sites for hydroxylation is 3. The fourth-order valence-corrected chi connectivity index (χ4v) is 2.64. The number of nitrogens with one attached hydrogen (secondary N) is 2. The normalized spacial score (nSPS) is 10.6. The predicted molar refractivity (Wildman–Crippen MR) is 101 cm³/mol. The van der Waals surface area contributed by atoms with Gasteiger partial charge in [-0.25, -0.2) is 9.36 Å². The predicted octanol–water partition coefficient (Wildman–Crippen LogP) is 2.70. The van der Waals surface area contributed by atoms with Crippen molar-refractivity contribution in [2.75, 3.05) is 5.32 Å². The summed E-state index contributed by atoms with van der Waals surface area (Å²) in [5.74, 6) is -0.571. The first-order valence-corrected chi connectivity index (χ1v) is 8.18. The number of carbonyl (C=O) groups excluding carboxylic acids is 1. The molecule has 0 unspecified atom stereocenters. The molecule has 0 atom stereocenters. The molecular formula is C20H19N3O3. The third kappa shape index (κ3) is 3.21. The summed E-state index contributed by atoms with van der Waals surface area (Å²) in [4.78, 5) is 40.0. The molecule has 0 fully saturated rings. The second kappa shape index (κ2) is 6.84. The van der Waals surface area contributed by atoms with E-state index in [0.29, 0.717) is 11.4 Å². The summed E-state index contributed by atoms with van der Waals surface area (Å²) in [6, 6.07) is 12.5. The summed E-state index contributed by atoms with van der Waals surface area (Å²) >= 11 is 0. The maximum atomic E-state index is 12.8. The van der Waals surface area contributed by atoms with Crippen LogP contribution in [0.3, 0.4) is 0 Å². The highest BCUT2D eigenvalue weighted by atomic mass is 16.2. The minimum Gasteiger partial charge on any atom is -0.322 e. The molecule has 0 saturated carbocycles. The fraction of sp³-hybridized carbons (Fsp3) is 0.150. The highest BCUT2D eigenvalue weighted by Crippen LogP contribution is 2.14. The monoisotopic (exact) mass is 349 g/mol. The van der Waals surface area contributed by atoms with Crippen LogP contribution < -0.4 is 16.6 Å². The van der Waals surface area contributed by atoms with Crippen molar-refractivity contribution >= 4 is 11.6 Å². The number of hydrogen-bond acceptors (Lipinski definition) is 3. The lowest BCUT2D eigenvalue weighted by atomic mass is 10.1. The summed E-state index contributed by atoms with van der Waals surface area (Å²) in [6.07, 6.45) is 1.15. The molecule has 6 heteroatoms. The molecule has 0 aliphatic rings. The molecular weight excluding hydrogens is 330 g/mol. The van der Waals surface area contributed by atoms with Crippen LogP contribution in [0.1, 0.15) is 27.0 Å². The zero-order valence-electron chi connectivity index (χ0n) is 14.8. The molecule has 132 valence electrons. The summed E-state index contributed by atoms with van der Waals surface area (Å²) in [5, 5.41) is 2.71. The van der Waals surface area contributed by atoms with Crippen LogP contribution in [0.5, 0.6) is 0 Å². The highest BCUT2D eigenvalue weighted by molar-refractivity contribution is 6.04. The Kier molecular flexibility index (Phi) is 4.58. The van der Waals surface area contributed by atoms with Gasteiger partial charge in [0.25, 0.3) is 11.5 Å². The van der Waals surface area contributed by atoms with Gasteiger partial charge in [-0.3, -0.25) is 9.59 Å². The maximum Gasteiger partial charge on any atom is 0.333 e. The lowest BCUT2D eigenvalue weighted by molar-refractivity contribution is 0.102. The van der Waals surface area contributed by atoms with Gasteiger partial charge >= 0.3 is 5.69 Å². The van der Waals surface area contributed by atoms with Gasteiger partial charge in [0.1, 0.15) is 5.56 Å². The first-order valence-electron chi connectivity index (χ1n) is 8.18. The Bertz CT molecular complexity index is 1110. The first-order chi connectivity index (χ1) is 12.4. The van der Waals surface area contributed by atoms with Crippen LogP contribution in [0.4, 0.5) is 5.69 Å². The average Bonchev–Trinajstić information content (AvgIpc) is 2.60. The van der Waals surface area contributed by atoms with E-state index in [2.05, 4.69) is 10.3 Å². The molecule has 0 saturated heterocycles. The van der Waals surface area contributed by atoms with Crippen LogP contribution in [0.2, 0.25) is 0 Å². The average molecular weight is 349 g/mol. The molecule has 0 radical (unpaired) electrons. The van der Waals surface area contributed by atoms with Crippen molar-refractivity contribution in [1.82, 2.24) is 9.55 Å². The molecule has 1 aromatic heterocycles. The van der Waals surface area contributed by atoms with Crippen molar-refractivity contribution in [2.45, 2.75) is 20.8 Å². The number of amides is 1. The molecule has 0 spiro atoms. The Balaban J connectivity index is 2.06. The maximum absolute atomic E-state index is 12.8. The standard InChI is InChI=1S/C20H19N3O3/c1-12-8-9-15(10-14(12)3)23-19(25)16(11-21-20(23)26)18(24)22-17-7-5-4-6-13(17)2/h4-11H,1-3H3,(H,21,26)(H,22,24). The van der Waals surface area contributed by atoms with Crippen molar-refractivity contribution < 1.29 is 4.79 Å². The zero-order valence-corrected chi connectivity index (χ0v) is 14.8. The van der Waals surface area contributed by atoms with E-state index in [1.807, 2.05) is 39.0 Å². The van der Waals surface area contributed by atoms with Gasteiger partial charge in [0.05, 0.1) is 5.69 Å². The van der Waals surface area contributed by atoms with E-state index in [-0.39, 0.29) is 5.56 Å². The summed E-state index contributed by atoms with van der Waals surface area (Å²) in [5.41, 5.74) is 2.51. The topological polar surface area (TPSA) is 84.0 Å². The summed E-state index contributed by atoms with van der Waals surface area (Å²) in [6.45, 7) is 5.70. The van der Waals surface area contributed by atoms with E-state index >= 15 is 0 Å². The van der Waals surface area contributed by atoms with Gasteiger partial charge in [-0.2, -0.15) is 0 Å². The number of rotatable bonds is 3. The number of para-hydroxylation sites is 1. The molecule has 0 bridgehead atoms. The van der Waals surface area contributed by atoms with Crippen molar-refractivity contribution in [2.24, 2.45) is 0 Å². The first kappa shape index (κ1) is 17.4. The molecule has 3 rings (SSSR count). The SMILES string of the molecule is Cc1ccc(-n2c(=O)[nH]cc(C(=O)Nc3ccccc3C)c2=O)cc1C. The van der Waals surface area contributed by atoms with Crippen LogP contribution in [-0.4, -0.2) is 15.5 Å². The Morgan fingerprint density at radius 2 is 1.69 bits per heavy atom. The van der Waals surface area contributed by atoms with Crippen LogP contribution in [0.25, 0.3) is 5.69 Å². The van der Waals surface area contributed by atoms with Crippen molar-refractivity contribution in [3.05, 3.63) is 91.8 Å². The fourth-order valence-electron chi connectivity index (χ4n) is 2.64. The van der Waals surface area contributed by atoms with Crippen LogP contribution >= 0.6 is 0 Å². The molecule has 26 heavy (non-hydrogen) atoms. The van der Waals surface area contributed by atoms with Crippen LogP contribution in [0.15, 0.2) is 58.3 Å². The Labute approximate surface area is 150 Å². The second-order valence-corrected chi connectivity index (χ2v) is 6.19. The minimum absolute atomic E-state index is 0.133. The number of benzene rings is 2. The molecule has 2 N–H and O–H groups in total. The van der Waals surface area contributed by atoms with E-state index in [9.17, 15) is 14.4 Å². The second-order valence-electron chi connectivity index (χ2n) is 6.19. The third-order valence-electron chi connectivity index (χ3n) is 4.36. The Morgan fingerprint density at radius 1 is 0.962 bits per heavy atom. The lowest BCUT2D eigenvalue weighted by Crippen LogP contribution is -2.38. The zero-order chi connectivity index (χ0) is 18.8. The smallest absolute Gasteiger partial charge is 0.322 e. The van der Waals surface area contributed by atoms with Crippen molar-refractivity contribution in [1.29, 1.82) is 0 Å². The number of hydrogen-bond donors (Lipinski definition) is 2. The Hall–Kier alpha value is -3.41. The van der Waals surface area contributed by atoms with Crippen molar-refractivity contribution in [3.63, 3.8) is 0 Å². The largest absolute Gasteiger partial charge is 0.333 e. The van der Waals surface area contributed by atoms with Gasteiger partial charge < -0.3 is 10.3 Å². The quantitative estimate of drug-likeness (QED) is 0.762. The summed E-state index contributed by atoms with van der Waals surface area (Å²) < 4.78 is 0.971. The minimum atomic E-state index is -0.664. The number of carbonyl (C=O) groups is 1. The molecule has 0 aliphatic heterocycles. The third-order valence-corrected chi connectivity index (χ3v) is 4.36. The Morgan fingerprint density at radius 3 is 2.38 bits per heavy atom. The molecule has 3 aromatic rings. The molecule has 1 heterocycles. The molecule has 2 aromatic carbocycles. The molecule has 6 nitrogen and oxygen atoms in total. The molecule has 1 amide bonds. The molecule has 0 aliphatic carbocycles. The van der Waals surface area contributed by atoms with Gasteiger partial charge in [-0.15, -0.1) is 0 Å². The number of aromatic amines is 1. The lowest BCUT2D eigenvalue weighted by Gasteiger charge is -2.10. The van der Waals surface area contributed by atoms with Crippen LogP contribution in [-0.2, 0) is 0 Å². The van der Waals surface area contributed by atoms with Gasteiger partial charge in [0.2, 0.25) is 0 Å².